The number of hydrogen-bond acceptors (Lipinski definition) is 4. The number of phenolic OH excluding ortho intramolecular Hbond substituents is 1. The summed E-state index contributed by atoms with van der Waals surface area (Å²) in [5, 5.41) is 28.8. The maximum absolute atomic E-state index is 11.1. The molecule has 0 saturated heterocycles. The fourth-order valence-corrected chi connectivity index (χ4v) is 1.95. The third kappa shape index (κ3) is 3.86. The third-order valence-electron chi connectivity index (χ3n) is 2.92. The van der Waals surface area contributed by atoms with Crippen molar-refractivity contribution in [3.63, 3.8) is 0 Å². The summed E-state index contributed by atoms with van der Waals surface area (Å²) >= 11 is 0. The van der Waals surface area contributed by atoms with E-state index >= 15 is 0 Å². The van der Waals surface area contributed by atoms with Gasteiger partial charge < -0.3 is 20.1 Å². The highest BCUT2D eigenvalue weighted by Gasteiger charge is 2.27. The van der Waals surface area contributed by atoms with Gasteiger partial charge in [-0.1, -0.05) is 19.4 Å². The van der Waals surface area contributed by atoms with Crippen molar-refractivity contribution in [2.45, 2.75) is 32.8 Å². The van der Waals surface area contributed by atoms with Crippen LogP contribution in [-0.4, -0.2) is 27.9 Å². The molecular formula is C14H20O5. The minimum atomic E-state index is -1.11. The van der Waals surface area contributed by atoms with E-state index in [4.69, 9.17) is 9.84 Å². The highest BCUT2D eigenvalue weighted by molar-refractivity contribution is 5.71. The van der Waals surface area contributed by atoms with E-state index in [0.717, 1.165) is 0 Å². The Morgan fingerprint density at radius 3 is 2.58 bits per heavy atom. The molecule has 2 unspecified atom stereocenters. The van der Waals surface area contributed by atoms with Crippen LogP contribution >= 0.6 is 0 Å². The number of benzene rings is 1. The van der Waals surface area contributed by atoms with Gasteiger partial charge in [-0.3, -0.25) is 4.79 Å². The molecule has 3 N–H and O–H groups in total. The van der Waals surface area contributed by atoms with Crippen LogP contribution in [0.2, 0.25) is 0 Å². The second-order valence-electron chi connectivity index (χ2n) is 4.34. The summed E-state index contributed by atoms with van der Waals surface area (Å²) in [7, 11) is 0. The zero-order chi connectivity index (χ0) is 14.4. The SMILES string of the molecule is CCCC(C(=O)O)C(O)c1ccc(O)c(OCC)c1. The van der Waals surface area contributed by atoms with E-state index in [-0.39, 0.29) is 11.5 Å². The Morgan fingerprint density at radius 2 is 2.05 bits per heavy atom. The van der Waals surface area contributed by atoms with Gasteiger partial charge in [-0.2, -0.15) is 0 Å². The molecule has 0 aliphatic carbocycles. The second kappa shape index (κ2) is 6.99. The average Bonchev–Trinajstić information content (AvgIpc) is 2.37. The van der Waals surface area contributed by atoms with Gasteiger partial charge in [-0.25, -0.2) is 0 Å². The number of hydrogen-bond donors (Lipinski definition) is 3. The summed E-state index contributed by atoms with van der Waals surface area (Å²) in [6, 6.07) is 4.39. The van der Waals surface area contributed by atoms with E-state index in [0.29, 0.717) is 25.0 Å². The van der Waals surface area contributed by atoms with Gasteiger partial charge in [0.1, 0.15) is 0 Å². The predicted molar refractivity (Wildman–Crippen MR) is 70.3 cm³/mol. The number of carbonyl (C=O) groups is 1. The van der Waals surface area contributed by atoms with Crippen LogP contribution in [0.1, 0.15) is 38.4 Å². The van der Waals surface area contributed by atoms with E-state index < -0.39 is 18.0 Å². The molecule has 0 radical (unpaired) electrons. The molecule has 19 heavy (non-hydrogen) atoms. The lowest BCUT2D eigenvalue weighted by Crippen LogP contribution is -2.21. The molecule has 0 amide bonds. The number of rotatable bonds is 7. The molecule has 0 aliphatic heterocycles. The molecule has 0 saturated carbocycles. The van der Waals surface area contributed by atoms with Gasteiger partial charge in [0.15, 0.2) is 11.5 Å². The van der Waals surface area contributed by atoms with E-state index in [1.54, 1.807) is 6.92 Å². The van der Waals surface area contributed by atoms with Crippen molar-refractivity contribution in [2.75, 3.05) is 6.61 Å². The van der Waals surface area contributed by atoms with Crippen LogP contribution in [0, 0.1) is 5.92 Å². The zero-order valence-electron chi connectivity index (χ0n) is 11.2. The van der Waals surface area contributed by atoms with Crippen molar-refractivity contribution in [1.82, 2.24) is 0 Å². The molecule has 0 bridgehead atoms. The molecule has 5 heteroatoms. The highest BCUT2D eigenvalue weighted by atomic mass is 16.5. The van der Waals surface area contributed by atoms with Crippen LogP contribution in [0.25, 0.3) is 0 Å². The Balaban J connectivity index is 3.00. The van der Waals surface area contributed by atoms with E-state index in [9.17, 15) is 15.0 Å². The quantitative estimate of drug-likeness (QED) is 0.706. The number of aliphatic carboxylic acids is 1. The van der Waals surface area contributed by atoms with E-state index in [2.05, 4.69) is 0 Å². The highest BCUT2D eigenvalue weighted by Crippen LogP contribution is 2.33. The van der Waals surface area contributed by atoms with Gasteiger partial charge in [0.25, 0.3) is 0 Å². The molecule has 106 valence electrons. The van der Waals surface area contributed by atoms with Gasteiger partial charge in [0.05, 0.1) is 18.6 Å². The molecule has 5 nitrogen and oxygen atoms in total. The Hall–Kier alpha value is -1.75. The van der Waals surface area contributed by atoms with Crippen LogP contribution < -0.4 is 4.74 Å². The molecule has 1 rings (SSSR count). The first-order valence-electron chi connectivity index (χ1n) is 6.37. The Bertz CT molecular complexity index is 430. The van der Waals surface area contributed by atoms with E-state index in [1.165, 1.54) is 18.2 Å². The number of phenols is 1. The summed E-state index contributed by atoms with van der Waals surface area (Å²) in [5.74, 6) is -1.66. The minimum absolute atomic E-state index is 0.0276. The summed E-state index contributed by atoms with van der Waals surface area (Å²) < 4.78 is 5.22. The summed E-state index contributed by atoms with van der Waals surface area (Å²) in [6.07, 6.45) is -0.0524. The molecule has 0 spiro atoms. The number of carboxylic acid groups (broad SMARTS) is 1. The predicted octanol–water partition coefficient (Wildman–Crippen LogP) is 2.33. The van der Waals surface area contributed by atoms with Crippen LogP contribution in [0.5, 0.6) is 11.5 Å². The minimum Gasteiger partial charge on any atom is -0.504 e. The van der Waals surface area contributed by atoms with Crippen LogP contribution in [-0.2, 0) is 4.79 Å². The first-order chi connectivity index (χ1) is 9.01. The molecule has 1 aromatic rings. The number of aliphatic hydroxyl groups excluding tert-OH is 1. The topological polar surface area (TPSA) is 87.0 Å². The summed E-state index contributed by atoms with van der Waals surface area (Å²) in [4.78, 5) is 11.1. The largest absolute Gasteiger partial charge is 0.504 e. The van der Waals surface area contributed by atoms with Crippen molar-refractivity contribution in [3.8, 4) is 11.5 Å². The van der Waals surface area contributed by atoms with Gasteiger partial charge in [-0.15, -0.1) is 0 Å². The number of aliphatic hydroxyl groups is 1. The molecule has 0 aliphatic rings. The first-order valence-corrected chi connectivity index (χ1v) is 6.37. The second-order valence-corrected chi connectivity index (χ2v) is 4.34. The van der Waals surface area contributed by atoms with Gasteiger partial charge in [0, 0.05) is 0 Å². The Labute approximate surface area is 112 Å². The first kappa shape index (κ1) is 15.3. The van der Waals surface area contributed by atoms with Crippen molar-refractivity contribution < 1.29 is 24.9 Å². The molecule has 0 heterocycles. The molecule has 2 atom stereocenters. The van der Waals surface area contributed by atoms with Crippen molar-refractivity contribution in [2.24, 2.45) is 5.92 Å². The number of ether oxygens (including phenoxy) is 1. The van der Waals surface area contributed by atoms with Gasteiger partial charge in [-0.05, 0) is 31.0 Å². The maximum atomic E-state index is 11.1. The van der Waals surface area contributed by atoms with Crippen molar-refractivity contribution in [3.05, 3.63) is 23.8 Å². The molecule has 1 aromatic carbocycles. The lowest BCUT2D eigenvalue weighted by molar-refractivity contribution is -0.146. The fraction of sp³-hybridized carbons (Fsp3) is 0.500. The lowest BCUT2D eigenvalue weighted by atomic mass is 9.92. The summed E-state index contributed by atoms with van der Waals surface area (Å²) in [5.41, 5.74) is 0.433. The number of aromatic hydroxyl groups is 1. The van der Waals surface area contributed by atoms with E-state index in [1.807, 2.05) is 6.92 Å². The third-order valence-corrected chi connectivity index (χ3v) is 2.92. The zero-order valence-corrected chi connectivity index (χ0v) is 11.2. The maximum Gasteiger partial charge on any atom is 0.309 e. The molecule has 0 aromatic heterocycles. The monoisotopic (exact) mass is 268 g/mol. The van der Waals surface area contributed by atoms with Crippen LogP contribution in [0.4, 0.5) is 0 Å². The lowest BCUT2D eigenvalue weighted by Gasteiger charge is -2.19. The molecule has 0 fully saturated rings. The van der Waals surface area contributed by atoms with Crippen molar-refractivity contribution in [1.29, 1.82) is 0 Å². The smallest absolute Gasteiger partial charge is 0.309 e. The standard InChI is InChI=1S/C14H20O5/c1-3-5-10(14(17)18)13(16)9-6-7-11(15)12(8-9)19-4-2/h6-8,10,13,15-16H,3-5H2,1-2H3,(H,17,18). The van der Waals surface area contributed by atoms with Crippen LogP contribution in [0.15, 0.2) is 18.2 Å². The summed E-state index contributed by atoms with van der Waals surface area (Å²) in [6.45, 7) is 4.02. The fourth-order valence-electron chi connectivity index (χ4n) is 1.95. The number of carboxylic acids is 1. The average molecular weight is 268 g/mol. The van der Waals surface area contributed by atoms with Crippen LogP contribution in [0.3, 0.4) is 0 Å². The Kier molecular flexibility index (Phi) is 5.63. The normalized spacial score (nSPS) is 13.8. The van der Waals surface area contributed by atoms with Crippen molar-refractivity contribution >= 4 is 5.97 Å². The van der Waals surface area contributed by atoms with Gasteiger partial charge in [0.2, 0.25) is 0 Å². The van der Waals surface area contributed by atoms with Gasteiger partial charge >= 0.3 is 5.97 Å². The molecular weight excluding hydrogens is 248 g/mol. The Morgan fingerprint density at radius 1 is 1.37 bits per heavy atom.